The van der Waals surface area contributed by atoms with Crippen LogP contribution in [0, 0.1) is 24.0 Å². The van der Waals surface area contributed by atoms with Gasteiger partial charge in [-0.15, -0.1) is 61.1 Å². The third-order valence-corrected chi connectivity index (χ3v) is 7.81. The molecule has 2 aliphatic carbocycles. The summed E-state index contributed by atoms with van der Waals surface area (Å²) in [6.45, 7) is 22.1. The van der Waals surface area contributed by atoms with Gasteiger partial charge in [0.1, 0.15) is 0 Å². The molecule has 0 amide bonds. The Balaban J connectivity index is 0.000000682. The first-order valence-electron chi connectivity index (χ1n) is 16.2. The second kappa shape index (κ2) is 22.2. The van der Waals surface area contributed by atoms with Crippen LogP contribution < -0.4 is 0 Å². The Labute approximate surface area is 321 Å². The Kier molecular flexibility index (Phi) is 21.0. The quantitative estimate of drug-likeness (QED) is 0.157. The van der Waals surface area contributed by atoms with Gasteiger partial charge < -0.3 is 0 Å². The average molecular weight is 759 g/mol. The number of halogens is 2. The monoisotopic (exact) mass is 756 g/mol. The summed E-state index contributed by atoms with van der Waals surface area (Å²) in [5.41, 5.74) is 11.4. The van der Waals surface area contributed by atoms with E-state index < -0.39 is 0 Å². The zero-order valence-electron chi connectivity index (χ0n) is 30.8. The standard InChI is InChI=1S/C21H25.2C9H11.C5H5.CH2.2ClH.Zr/c1-20(2,3)16-9-7-14-11-15-8-10-17(21(4,5)6)13-19(15)18(14)12-16;2*1-8(2)9-6-4-3-5-7-9;1-2-4-5-3-1;;;;/h7,9-10,12-13H,11H2,1-6H3;2*3-7H,1-2H3;1-3H,4H2;1H2;2*1H;/q4*-1;;;;. The molecule has 0 saturated carbocycles. The summed E-state index contributed by atoms with van der Waals surface area (Å²) in [4.78, 5) is 0. The van der Waals surface area contributed by atoms with Gasteiger partial charge in [-0.05, 0) is 17.4 Å². The topological polar surface area (TPSA) is 0 Å². The SMILES string of the molecule is CC(C)(C)c1c[c-]c2c(c1)-c1cc(C(C)(C)C)ccc1C2.C[C-](C)c1ccccc1.C[C-](C)c1ccccc1.Cl.Cl.[C-]1=CC=CC1.[CH2]=[Zr]. The van der Waals surface area contributed by atoms with Crippen molar-refractivity contribution in [3.8, 4) is 11.1 Å². The van der Waals surface area contributed by atoms with Gasteiger partial charge in [0.15, 0.2) is 0 Å². The van der Waals surface area contributed by atoms with Gasteiger partial charge in [0.05, 0.1) is 0 Å². The maximum atomic E-state index is 3.53. The van der Waals surface area contributed by atoms with Crippen LogP contribution in [0.15, 0.2) is 109 Å². The number of fused-ring (bicyclic) bond motifs is 3. The second-order valence-corrected chi connectivity index (χ2v) is 14.1. The number of benzene rings is 4. The van der Waals surface area contributed by atoms with Gasteiger partial charge in [-0.2, -0.15) is 82.6 Å². The maximum absolute atomic E-state index is 3.53. The van der Waals surface area contributed by atoms with E-state index in [1.54, 1.807) is 0 Å². The summed E-state index contributed by atoms with van der Waals surface area (Å²) >= 11 is 1.30. The first-order chi connectivity index (χ1) is 21.8. The zero-order valence-corrected chi connectivity index (χ0v) is 34.9. The fourth-order valence-electron chi connectivity index (χ4n) is 4.87. The van der Waals surface area contributed by atoms with Crippen molar-refractivity contribution in [2.45, 2.75) is 92.9 Å². The Morgan fingerprint density at radius 2 is 1.12 bits per heavy atom. The molecule has 0 saturated heterocycles. The van der Waals surface area contributed by atoms with Crippen molar-refractivity contribution in [1.29, 1.82) is 0 Å². The van der Waals surface area contributed by atoms with Crippen LogP contribution in [0.25, 0.3) is 11.1 Å². The Bertz CT molecular complexity index is 1400. The predicted molar refractivity (Wildman–Crippen MR) is 214 cm³/mol. The molecule has 0 atom stereocenters. The molecule has 6 rings (SSSR count). The zero-order chi connectivity index (χ0) is 34.3. The van der Waals surface area contributed by atoms with Crippen LogP contribution in [-0.4, -0.2) is 4.21 Å². The van der Waals surface area contributed by atoms with E-state index in [4.69, 9.17) is 0 Å². The van der Waals surface area contributed by atoms with E-state index in [0.29, 0.717) is 0 Å². The molecular weight excluding hydrogens is 703 g/mol. The molecule has 48 heavy (non-hydrogen) atoms. The third kappa shape index (κ3) is 14.9. The van der Waals surface area contributed by atoms with Crippen LogP contribution in [0.3, 0.4) is 0 Å². The molecule has 0 unspecified atom stereocenters. The summed E-state index contributed by atoms with van der Waals surface area (Å²) < 4.78 is 3.34. The van der Waals surface area contributed by atoms with Gasteiger partial charge in [-0.25, -0.2) is 12.2 Å². The van der Waals surface area contributed by atoms with E-state index in [-0.39, 0.29) is 35.6 Å². The second-order valence-electron chi connectivity index (χ2n) is 14.1. The number of rotatable bonds is 2. The fourth-order valence-corrected chi connectivity index (χ4v) is 4.87. The Morgan fingerprint density at radius 1 is 0.646 bits per heavy atom. The summed E-state index contributed by atoms with van der Waals surface area (Å²) in [6.07, 6.45) is 11.0. The normalized spacial score (nSPS) is 11.4. The van der Waals surface area contributed by atoms with Gasteiger partial charge >= 0.3 is 28.4 Å². The summed E-state index contributed by atoms with van der Waals surface area (Å²) in [7, 11) is 0. The van der Waals surface area contributed by atoms with Gasteiger partial charge in [-0.3, -0.25) is 6.08 Å². The number of hydrogen-bond donors (Lipinski definition) is 0. The van der Waals surface area contributed by atoms with E-state index >= 15 is 0 Å². The molecule has 0 aliphatic heterocycles. The summed E-state index contributed by atoms with van der Waals surface area (Å²) in [5, 5.41) is 0. The molecule has 0 nitrogen and oxygen atoms in total. The molecule has 4 aromatic carbocycles. The molecule has 0 N–H and O–H groups in total. The molecule has 2 aliphatic rings. The Morgan fingerprint density at radius 3 is 1.48 bits per heavy atom. The van der Waals surface area contributed by atoms with Crippen LogP contribution in [0.2, 0.25) is 0 Å². The van der Waals surface area contributed by atoms with Crippen LogP contribution in [-0.2, 0) is 41.5 Å². The van der Waals surface area contributed by atoms with Crippen LogP contribution in [0.1, 0.15) is 109 Å². The van der Waals surface area contributed by atoms with Crippen molar-refractivity contribution in [3.63, 3.8) is 0 Å². The van der Waals surface area contributed by atoms with E-state index in [2.05, 4.69) is 171 Å². The summed E-state index contributed by atoms with van der Waals surface area (Å²) in [5.74, 6) is 2.74. The minimum absolute atomic E-state index is 0. The molecular formula is C45H56Cl2Zr-4. The van der Waals surface area contributed by atoms with Crippen molar-refractivity contribution in [1.82, 2.24) is 0 Å². The molecule has 0 heterocycles. The Hall–Kier alpha value is -2.57. The van der Waals surface area contributed by atoms with E-state index in [9.17, 15) is 0 Å². The predicted octanol–water partition coefficient (Wildman–Crippen LogP) is 13.1. The molecule has 0 spiro atoms. The molecule has 0 aromatic heterocycles. The van der Waals surface area contributed by atoms with Crippen molar-refractivity contribution < 1.29 is 24.2 Å². The fraction of sp³-hybridized carbons (Fsp3) is 0.311. The first kappa shape index (κ1) is 45.4. The van der Waals surface area contributed by atoms with E-state index in [1.807, 2.05) is 24.3 Å². The van der Waals surface area contributed by atoms with E-state index in [0.717, 1.165) is 12.8 Å². The molecule has 3 heteroatoms. The van der Waals surface area contributed by atoms with Crippen LogP contribution >= 0.6 is 24.8 Å². The number of allylic oxidation sites excluding steroid dienone is 4. The van der Waals surface area contributed by atoms with Crippen LogP contribution in [0.5, 0.6) is 0 Å². The van der Waals surface area contributed by atoms with Crippen LogP contribution in [0.4, 0.5) is 0 Å². The van der Waals surface area contributed by atoms with E-state index in [1.165, 1.54) is 80.6 Å². The third-order valence-electron chi connectivity index (χ3n) is 7.81. The van der Waals surface area contributed by atoms with Gasteiger partial charge in [0, 0.05) is 0 Å². The minimum atomic E-state index is 0. The van der Waals surface area contributed by atoms with Crippen molar-refractivity contribution >= 4 is 29.0 Å². The first-order valence-corrected chi connectivity index (χ1v) is 18.0. The van der Waals surface area contributed by atoms with Gasteiger partial charge in [-0.1, -0.05) is 116 Å². The molecule has 0 radical (unpaired) electrons. The molecule has 258 valence electrons. The molecule has 4 aromatic rings. The van der Waals surface area contributed by atoms with Gasteiger partial charge in [0.2, 0.25) is 0 Å². The van der Waals surface area contributed by atoms with Gasteiger partial charge in [0.25, 0.3) is 0 Å². The van der Waals surface area contributed by atoms with Crippen molar-refractivity contribution in [2.75, 3.05) is 0 Å². The molecule has 0 bridgehead atoms. The summed E-state index contributed by atoms with van der Waals surface area (Å²) in [6, 6.07) is 35.8. The number of hydrogen-bond acceptors (Lipinski definition) is 0. The average Bonchev–Trinajstić information content (AvgIpc) is 3.74. The molecule has 0 fully saturated rings. The van der Waals surface area contributed by atoms with Crippen molar-refractivity contribution in [2.24, 2.45) is 0 Å². The van der Waals surface area contributed by atoms with Crippen molar-refractivity contribution in [3.05, 3.63) is 167 Å².